The second kappa shape index (κ2) is 4.95. The van der Waals surface area contributed by atoms with Crippen LogP contribution in [0.3, 0.4) is 0 Å². The van der Waals surface area contributed by atoms with Crippen molar-refractivity contribution in [3.05, 3.63) is 40.9 Å². The van der Waals surface area contributed by atoms with E-state index in [1.165, 1.54) is 0 Å². The van der Waals surface area contributed by atoms with Crippen molar-refractivity contribution in [1.29, 1.82) is 5.26 Å². The van der Waals surface area contributed by atoms with Crippen molar-refractivity contribution in [1.82, 2.24) is 0 Å². The van der Waals surface area contributed by atoms with E-state index in [9.17, 15) is 0 Å². The minimum Gasteiger partial charge on any atom is -0.389 e. The van der Waals surface area contributed by atoms with Crippen molar-refractivity contribution in [2.45, 2.75) is 0 Å². The number of benzene rings is 1. The molecule has 84 valence electrons. The second-order valence-electron chi connectivity index (χ2n) is 3.11. The maximum atomic E-state index is 8.82. The van der Waals surface area contributed by atoms with Crippen LogP contribution in [-0.4, -0.2) is 0 Å². The summed E-state index contributed by atoms with van der Waals surface area (Å²) < 4.78 is 0. The lowest BCUT2D eigenvalue weighted by atomic mass is 10.3. The van der Waals surface area contributed by atoms with E-state index >= 15 is 0 Å². The van der Waals surface area contributed by atoms with Gasteiger partial charge in [0.15, 0.2) is 5.00 Å². The van der Waals surface area contributed by atoms with Gasteiger partial charge in [0.2, 0.25) is 0 Å². The van der Waals surface area contributed by atoms with Gasteiger partial charge in [-0.1, -0.05) is 41.1 Å². The number of rotatable bonds is 2. The molecule has 0 radical (unpaired) electrons. The average Bonchev–Trinajstić information content (AvgIpc) is 2.63. The highest BCUT2D eigenvalue weighted by molar-refractivity contribution is 7.20. The lowest BCUT2D eigenvalue weighted by Gasteiger charge is -1.89. The zero-order chi connectivity index (χ0) is 12.3. The van der Waals surface area contributed by atoms with Crippen LogP contribution in [0.1, 0.15) is 5.56 Å². The zero-order valence-corrected chi connectivity index (χ0v) is 10.2. The number of nitrogen functional groups attached to an aromatic ring is 1. The summed E-state index contributed by atoms with van der Waals surface area (Å²) in [4.78, 5) is 0. The summed E-state index contributed by atoms with van der Waals surface area (Å²) in [7, 11) is 0. The van der Waals surface area contributed by atoms with Crippen molar-refractivity contribution < 1.29 is 0 Å². The molecule has 6 heteroatoms. The lowest BCUT2D eigenvalue weighted by molar-refractivity contribution is 1.25. The molecule has 0 unspecified atom stereocenters. The average molecular weight is 263 g/mol. The molecule has 0 aliphatic heterocycles. The molecule has 0 fully saturated rings. The smallest absolute Gasteiger partial charge is 0.160 e. The Labute approximate surface area is 107 Å². The number of thiophene rings is 1. The predicted molar refractivity (Wildman–Crippen MR) is 69.1 cm³/mol. The first kappa shape index (κ1) is 11.6. The van der Waals surface area contributed by atoms with E-state index in [0.29, 0.717) is 15.7 Å². The predicted octanol–water partition coefficient (Wildman–Crippen LogP) is 4.27. The first-order chi connectivity index (χ1) is 8.22. The van der Waals surface area contributed by atoms with Crippen LogP contribution in [-0.2, 0) is 0 Å². The first-order valence-electron chi connectivity index (χ1n) is 4.67. The maximum absolute atomic E-state index is 8.82. The van der Waals surface area contributed by atoms with Gasteiger partial charge < -0.3 is 5.73 Å². The van der Waals surface area contributed by atoms with Crippen LogP contribution in [0, 0.1) is 11.3 Å². The summed E-state index contributed by atoms with van der Waals surface area (Å²) in [6, 6.07) is 11.2. The number of nitriles is 1. The lowest BCUT2D eigenvalue weighted by Crippen LogP contribution is -1.81. The van der Waals surface area contributed by atoms with Crippen molar-refractivity contribution in [2.75, 3.05) is 5.73 Å². The number of nitrogens with zero attached hydrogens (tertiary/aromatic N) is 3. The Morgan fingerprint density at radius 2 is 1.94 bits per heavy atom. The third kappa shape index (κ3) is 2.44. The molecule has 0 aliphatic rings. The van der Waals surface area contributed by atoms with Gasteiger partial charge in [0, 0.05) is 0 Å². The van der Waals surface area contributed by atoms with Gasteiger partial charge in [-0.3, -0.25) is 0 Å². The molecule has 0 amide bonds. The van der Waals surface area contributed by atoms with Crippen LogP contribution in [0.15, 0.2) is 40.6 Å². The van der Waals surface area contributed by atoms with Crippen LogP contribution >= 0.6 is 22.9 Å². The summed E-state index contributed by atoms with van der Waals surface area (Å²) in [5.41, 5.74) is 6.61. The maximum Gasteiger partial charge on any atom is 0.160 e. The Balaban J connectivity index is 2.32. The Bertz CT molecular complexity index is 598. The SMILES string of the molecule is N#Cc1c(N)sc(N=Nc2ccccc2)c1Cl. The molecule has 0 spiro atoms. The third-order valence-corrected chi connectivity index (χ3v) is 3.37. The van der Waals surface area contributed by atoms with Gasteiger partial charge in [-0.25, -0.2) is 0 Å². The largest absolute Gasteiger partial charge is 0.389 e. The van der Waals surface area contributed by atoms with Gasteiger partial charge >= 0.3 is 0 Å². The molecular weight excluding hydrogens is 256 g/mol. The molecule has 0 bridgehead atoms. The zero-order valence-electron chi connectivity index (χ0n) is 8.59. The number of nitrogens with two attached hydrogens (primary N) is 1. The molecule has 2 N–H and O–H groups in total. The van der Waals surface area contributed by atoms with E-state index in [1.807, 2.05) is 36.4 Å². The fraction of sp³-hybridized carbons (Fsp3) is 0. The summed E-state index contributed by atoms with van der Waals surface area (Å²) in [6.45, 7) is 0. The standard InChI is InChI=1S/C11H7ClN4S/c12-9-8(6-13)10(14)17-11(9)16-15-7-4-2-1-3-5-7/h1-5H,14H2. The van der Waals surface area contributed by atoms with E-state index in [4.69, 9.17) is 22.6 Å². The van der Waals surface area contributed by atoms with Crippen LogP contribution in [0.5, 0.6) is 0 Å². The van der Waals surface area contributed by atoms with Gasteiger partial charge in [0.05, 0.1) is 10.7 Å². The topological polar surface area (TPSA) is 74.5 Å². The molecule has 1 aromatic heterocycles. The minimum absolute atomic E-state index is 0.259. The molecule has 0 aliphatic carbocycles. The molecule has 0 saturated carbocycles. The van der Waals surface area contributed by atoms with Crippen molar-refractivity contribution >= 4 is 38.6 Å². The number of hydrogen-bond acceptors (Lipinski definition) is 5. The van der Waals surface area contributed by atoms with Crippen LogP contribution in [0.25, 0.3) is 0 Å². The summed E-state index contributed by atoms with van der Waals surface area (Å²) >= 11 is 7.10. The monoisotopic (exact) mass is 262 g/mol. The summed E-state index contributed by atoms with van der Waals surface area (Å²) in [6.07, 6.45) is 0. The van der Waals surface area contributed by atoms with Gasteiger partial charge in [-0.15, -0.1) is 10.2 Å². The molecule has 1 heterocycles. The van der Waals surface area contributed by atoms with Gasteiger partial charge in [0.25, 0.3) is 0 Å². The second-order valence-corrected chi connectivity index (χ2v) is 4.52. The summed E-state index contributed by atoms with van der Waals surface area (Å²) in [5.74, 6) is 0. The molecular formula is C11H7ClN4S. The first-order valence-corrected chi connectivity index (χ1v) is 5.86. The highest BCUT2D eigenvalue weighted by Crippen LogP contribution is 2.41. The molecule has 0 atom stereocenters. The van der Waals surface area contributed by atoms with Crippen LogP contribution < -0.4 is 5.73 Å². The van der Waals surface area contributed by atoms with Crippen molar-refractivity contribution in [2.24, 2.45) is 10.2 Å². The van der Waals surface area contributed by atoms with Gasteiger partial charge in [0.1, 0.15) is 16.6 Å². The van der Waals surface area contributed by atoms with Crippen LogP contribution in [0.2, 0.25) is 5.02 Å². The van der Waals surface area contributed by atoms with E-state index < -0.39 is 0 Å². The highest BCUT2D eigenvalue weighted by Gasteiger charge is 2.13. The molecule has 17 heavy (non-hydrogen) atoms. The molecule has 2 aromatic rings. The Morgan fingerprint density at radius 3 is 2.53 bits per heavy atom. The fourth-order valence-corrected chi connectivity index (χ4v) is 2.27. The van der Waals surface area contributed by atoms with E-state index in [2.05, 4.69) is 10.2 Å². The van der Waals surface area contributed by atoms with Gasteiger partial charge in [-0.2, -0.15) is 5.26 Å². The number of hydrogen-bond donors (Lipinski definition) is 1. The summed E-state index contributed by atoms with van der Waals surface area (Å²) in [5, 5.41) is 17.9. The van der Waals surface area contributed by atoms with E-state index in [-0.39, 0.29) is 10.6 Å². The number of azo groups is 1. The number of halogens is 1. The quantitative estimate of drug-likeness (QED) is 0.821. The van der Waals surface area contributed by atoms with Crippen molar-refractivity contribution in [3.8, 4) is 6.07 Å². The Kier molecular flexibility index (Phi) is 3.38. The molecule has 2 rings (SSSR count). The van der Waals surface area contributed by atoms with Crippen LogP contribution in [0.4, 0.5) is 15.7 Å². The minimum atomic E-state index is 0.259. The fourth-order valence-electron chi connectivity index (χ4n) is 1.18. The number of anilines is 1. The van der Waals surface area contributed by atoms with E-state index in [0.717, 1.165) is 11.3 Å². The van der Waals surface area contributed by atoms with E-state index in [1.54, 1.807) is 0 Å². The van der Waals surface area contributed by atoms with Gasteiger partial charge in [-0.05, 0) is 12.1 Å². The van der Waals surface area contributed by atoms with Crippen molar-refractivity contribution in [3.63, 3.8) is 0 Å². The normalized spacial score (nSPS) is 10.6. The Hall–Kier alpha value is -1.90. The molecule has 0 saturated heterocycles. The Morgan fingerprint density at radius 1 is 1.24 bits per heavy atom. The highest BCUT2D eigenvalue weighted by atomic mass is 35.5. The third-order valence-electron chi connectivity index (χ3n) is 1.98. The molecule has 1 aromatic carbocycles. The molecule has 4 nitrogen and oxygen atoms in total.